The van der Waals surface area contributed by atoms with Crippen LogP contribution in [0.1, 0.15) is 16.7 Å². The van der Waals surface area contributed by atoms with Gasteiger partial charge < -0.3 is 4.57 Å². The molecule has 3 aromatic carbocycles. The van der Waals surface area contributed by atoms with Crippen LogP contribution >= 0.6 is 0 Å². The summed E-state index contributed by atoms with van der Waals surface area (Å²) in [4.78, 5) is 0. The van der Waals surface area contributed by atoms with Gasteiger partial charge in [0.25, 0.3) is 0 Å². The van der Waals surface area contributed by atoms with Gasteiger partial charge in [-0.25, -0.2) is 0 Å². The van der Waals surface area contributed by atoms with Crippen molar-refractivity contribution in [1.82, 2.24) is 4.57 Å². The molecule has 0 saturated carbocycles. The average molecular weight is 413 g/mol. The Hall–Kier alpha value is -1.63. The van der Waals surface area contributed by atoms with E-state index >= 15 is 0 Å². The number of aromatic nitrogens is 1. The van der Waals surface area contributed by atoms with Crippen molar-refractivity contribution >= 4 is 21.8 Å². The molecule has 0 fully saturated rings. The van der Waals surface area contributed by atoms with Crippen LogP contribution in [0, 0.1) is 20.8 Å². The minimum Gasteiger partial charge on any atom is -0.335 e. The molecule has 0 saturated heterocycles. The Labute approximate surface area is 178 Å². The van der Waals surface area contributed by atoms with Crippen LogP contribution in [-0.4, -0.2) is 4.57 Å². The van der Waals surface area contributed by atoms with Gasteiger partial charge in [-0.15, -0.1) is 12.1 Å². The third-order valence-electron chi connectivity index (χ3n) is 4.65. The van der Waals surface area contributed by atoms with Crippen molar-refractivity contribution in [1.29, 1.82) is 0 Å². The van der Waals surface area contributed by atoms with Crippen molar-refractivity contribution in [3.05, 3.63) is 89.5 Å². The number of hydrogen-bond acceptors (Lipinski definition) is 0. The maximum absolute atomic E-state index is 2.36. The quantitative estimate of drug-likeness (QED) is 0.325. The van der Waals surface area contributed by atoms with Crippen LogP contribution in [0.25, 0.3) is 27.5 Å². The van der Waals surface area contributed by atoms with E-state index in [0.29, 0.717) is 0 Å². The molecular formula is C23H21NV2-2. The summed E-state index contributed by atoms with van der Waals surface area (Å²) in [5.41, 5.74) is 7.50. The molecular weight excluding hydrogens is 392 g/mol. The minimum atomic E-state index is 0. The Morgan fingerprint density at radius 1 is 0.615 bits per heavy atom. The Bertz CT molecular complexity index is 1010. The van der Waals surface area contributed by atoms with Crippen molar-refractivity contribution in [3.8, 4) is 5.69 Å². The molecule has 1 aromatic heterocycles. The molecule has 0 atom stereocenters. The first kappa shape index (κ1) is 20.7. The first-order valence-electron chi connectivity index (χ1n) is 8.38. The van der Waals surface area contributed by atoms with Crippen LogP contribution in [0.5, 0.6) is 0 Å². The standard InChI is InChI=1S/C23H21N.2V/c1-16-4-10-19(11-5-16)24-22-14-8-17(2)6-12-20(22)21-13-7-18(3)9-15-23(21)24;;/h4-15H,1-3H3;;/q-2;;. The summed E-state index contributed by atoms with van der Waals surface area (Å²) >= 11 is 0. The summed E-state index contributed by atoms with van der Waals surface area (Å²) in [5.74, 6) is 0. The third-order valence-corrected chi connectivity index (χ3v) is 4.65. The summed E-state index contributed by atoms with van der Waals surface area (Å²) in [5, 5.41) is 2.57. The van der Waals surface area contributed by atoms with E-state index in [1.807, 2.05) is 0 Å². The molecule has 0 aliphatic carbocycles. The van der Waals surface area contributed by atoms with Gasteiger partial charge in [-0.1, -0.05) is 42.3 Å². The summed E-state index contributed by atoms with van der Waals surface area (Å²) in [7, 11) is 0. The zero-order valence-corrected chi connectivity index (χ0v) is 18.1. The van der Waals surface area contributed by atoms with Gasteiger partial charge in [0.15, 0.2) is 0 Å². The van der Waals surface area contributed by atoms with Crippen molar-refractivity contribution in [2.75, 3.05) is 0 Å². The molecule has 4 aromatic rings. The first-order valence-corrected chi connectivity index (χ1v) is 8.38. The Morgan fingerprint density at radius 2 is 1.04 bits per heavy atom. The maximum Gasteiger partial charge on any atom is 0.0438 e. The molecule has 4 rings (SSSR count). The van der Waals surface area contributed by atoms with Gasteiger partial charge in [-0.3, -0.25) is 0 Å². The third kappa shape index (κ3) is 3.72. The van der Waals surface area contributed by atoms with Gasteiger partial charge in [0.05, 0.1) is 0 Å². The fourth-order valence-corrected chi connectivity index (χ4v) is 3.26. The first-order chi connectivity index (χ1) is 11.6. The molecule has 0 aliphatic rings. The predicted molar refractivity (Wildman–Crippen MR) is 104 cm³/mol. The van der Waals surface area contributed by atoms with Gasteiger partial charge in [0.1, 0.15) is 0 Å². The predicted octanol–water partition coefficient (Wildman–Crippen LogP) is 6.27. The number of benzene rings is 1. The van der Waals surface area contributed by atoms with E-state index < -0.39 is 0 Å². The van der Waals surface area contributed by atoms with Crippen LogP contribution in [0.3, 0.4) is 0 Å². The zero-order valence-electron chi connectivity index (χ0n) is 15.3. The SMILES string of the molecule is Cc1ccc(-n2c3cc[c-](C)ccc3c3cc[c-](C)ccc32)cc1.[V].[V]. The molecule has 2 radical (unpaired) electrons. The van der Waals surface area contributed by atoms with E-state index in [0.717, 1.165) is 0 Å². The molecule has 3 heteroatoms. The van der Waals surface area contributed by atoms with E-state index in [1.54, 1.807) is 0 Å². The second-order valence-corrected chi connectivity index (χ2v) is 6.59. The van der Waals surface area contributed by atoms with E-state index in [-0.39, 0.29) is 37.1 Å². The normalized spacial score (nSPS) is 10.3. The van der Waals surface area contributed by atoms with Crippen LogP contribution in [-0.2, 0) is 37.1 Å². The number of fused-ring (bicyclic) bond motifs is 3. The topological polar surface area (TPSA) is 4.93 Å². The molecule has 0 unspecified atom stereocenters. The molecule has 0 bridgehead atoms. The molecule has 26 heavy (non-hydrogen) atoms. The monoisotopic (exact) mass is 413 g/mol. The van der Waals surface area contributed by atoms with Gasteiger partial charge in [-0.2, -0.15) is 47.5 Å². The summed E-state index contributed by atoms with van der Waals surface area (Å²) in [6.45, 7) is 6.41. The van der Waals surface area contributed by atoms with Crippen molar-refractivity contribution in [3.63, 3.8) is 0 Å². The van der Waals surface area contributed by atoms with Gasteiger partial charge in [-0.05, 0) is 30.1 Å². The molecule has 0 aliphatic heterocycles. The van der Waals surface area contributed by atoms with Crippen molar-refractivity contribution in [2.24, 2.45) is 0 Å². The second kappa shape index (κ2) is 8.37. The van der Waals surface area contributed by atoms with Gasteiger partial charge in [0, 0.05) is 42.8 Å². The Kier molecular flexibility index (Phi) is 6.66. The number of rotatable bonds is 1. The van der Waals surface area contributed by atoms with Crippen LogP contribution in [0.2, 0.25) is 0 Å². The van der Waals surface area contributed by atoms with E-state index in [1.165, 1.54) is 44.2 Å². The van der Waals surface area contributed by atoms with E-state index in [2.05, 4.69) is 98.1 Å². The van der Waals surface area contributed by atoms with E-state index in [4.69, 9.17) is 0 Å². The minimum absolute atomic E-state index is 0. The maximum atomic E-state index is 2.36. The van der Waals surface area contributed by atoms with Crippen molar-refractivity contribution in [2.45, 2.75) is 20.8 Å². The summed E-state index contributed by atoms with van der Waals surface area (Å²) in [6.07, 6.45) is 0. The van der Waals surface area contributed by atoms with Crippen LogP contribution in [0.15, 0.2) is 72.8 Å². The molecule has 0 N–H and O–H groups in total. The molecule has 130 valence electrons. The fraction of sp³-hybridized carbons (Fsp3) is 0.130. The van der Waals surface area contributed by atoms with Crippen LogP contribution in [0.4, 0.5) is 0 Å². The number of aryl methyl sites for hydroxylation is 3. The van der Waals surface area contributed by atoms with Gasteiger partial charge >= 0.3 is 0 Å². The molecule has 1 heterocycles. The van der Waals surface area contributed by atoms with Crippen LogP contribution < -0.4 is 0 Å². The summed E-state index contributed by atoms with van der Waals surface area (Å²) < 4.78 is 2.36. The smallest absolute Gasteiger partial charge is 0.0438 e. The largest absolute Gasteiger partial charge is 0.335 e. The average Bonchev–Trinajstić information content (AvgIpc) is 2.70. The fourth-order valence-electron chi connectivity index (χ4n) is 3.26. The molecule has 1 nitrogen and oxygen atoms in total. The van der Waals surface area contributed by atoms with Gasteiger partial charge in [0.2, 0.25) is 0 Å². The second-order valence-electron chi connectivity index (χ2n) is 6.59. The Balaban J connectivity index is 0.00000121. The summed E-state index contributed by atoms with van der Waals surface area (Å²) in [6, 6.07) is 26.5. The number of nitrogens with zero attached hydrogens (tertiary/aromatic N) is 1. The van der Waals surface area contributed by atoms with E-state index in [9.17, 15) is 0 Å². The molecule has 0 spiro atoms. The molecule has 0 amide bonds. The zero-order chi connectivity index (χ0) is 16.7. The van der Waals surface area contributed by atoms with Crippen molar-refractivity contribution < 1.29 is 37.1 Å². The number of hydrogen-bond donors (Lipinski definition) is 0. The Morgan fingerprint density at radius 3 is 1.50 bits per heavy atom.